The second-order valence-electron chi connectivity index (χ2n) is 5.88. The molecule has 3 N–H and O–H groups in total. The highest BCUT2D eigenvalue weighted by Gasteiger charge is 2.20. The van der Waals surface area contributed by atoms with Crippen LogP contribution in [0.5, 0.6) is 5.75 Å². The molecule has 0 atom stereocenters. The van der Waals surface area contributed by atoms with E-state index in [1.54, 1.807) is 36.4 Å². The zero-order valence-corrected chi connectivity index (χ0v) is 17.7. The average molecular weight is 413 g/mol. The van der Waals surface area contributed by atoms with Crippen molar-refractivity contribution in [2.24, 2.45) is 5.10 Å². The van der Waals surface area contributed by atoms with Crippen molar-refractivity contribution in [1.29, 1.82) is 0 Å². The van der Waals surface area contributed by atoms with Crippen LogP contribution in [-0.4, -0.2) is 29.3 Å². The number of hydrogen-bond acceptors (Lipinski definition) is 5. The molecule has 2 aromatic carbocycles. The van der Waals surface area contributed by atoms with Crippen LogP contribution in [-0.2, 0) is 11.2 Å². The van der Waals surface area contributed by atoms with Crippen molar-refractivity contribution >= 4 is 18.3 Å². The molecule has 1 aliphatic rings. The van der Waals surface area contributed by atoms with Gasteiger partial charge in [0.1, 0.15) is 17.4 Å². The van der Waals surface area contributed by atoms with E-state index in [9.17, 15) is 14.3 Å². The van der Waals surface area contributed by atoms with Gasteiger partial charge in [0, 0.05) is 18.5 Å². The summed E-state index contributed by atoms with van der Waals surface area (Å²) >= 11 is 0. The van der Waals surface area contributed by atoms with Crippen LogP contribution in [0.3, 0.4) is 0 Å². The van der Waals surface area contributed by atoms with Gasteiger partial charge < -0.3 is 15.7 Å². The number of anilines is 1. The molecule has 0 saturated carbocycles. The first-order valence-electron chi connectivity index (χ1n) is 9.68. The lowest BCUT2D eigenvalue weighted by atomic mass is 10.2. The van der Waals surface area contributed by atoms with Crippen LogP contribution in [0.25, 0.3) is 0 Å². The highest BCUT2D eigenvalue weighted by atomic mass is 19.1. The molecule has 0 aliphatic carbocycles. The minimum Gasteiger partial charge on any atom is -0.506 e. The number of benzene rings is 2. The Morgan fingerprint density at radius 2 is 1.80 bits per heavy atom. The third kappa shape index (κ3) is 7.43. The minimum absolute atomic E-state index is 0.151. The van der Waals surface area contributed by atoms with E-state index < -0.39 is 0 Å². The maximum atomic E-state index is 12.2. The molecule has 6 nitrogen and oxygen atoms in total. The summed E-state index contributed by atoms with van der Waals surface area (Å²) in [7, 11) is 0. The standard InChI is InChI=1S/C13H14N4O2.C8H9F.C2H6/c1-9-16-10(7-13(19)17(9)14-2)8-15-11-5-3-4-6-12(11)18;1-2-7-3-5-8(9)6-4-7;1-2/h3-7,15-16,18H,1-2,8H2;3-6H,2H2,1H3;1-2H3. The van der Waals surface area contributed by atoms with Crippen molar-refractivity contribution in [3.8, 4) is 5.75 Å². The van der Waals surface area contributed by atoms with E-state index in [0.29, 0.717) is 23.8 Å². The van der Waals surface area contributed by atoms with Crippen LogP contribution in [0.15, 0.2) is 77.8 Å². The molecular formula is C23H29FN4O2. The Balaban J connectivity index is 0.000000342. The van der Waals surface area contributed by atoms with Crippen molar-refractivity contribution in [3.63, 3.8) is 0 Å². The molecule has 0 aromatic heterocycles. The number of aromatic hydroxyl groups is 1. The predicted octanol–water partition coefficient (Wildman–Crippen LogP) is 4.62. The van der Waals surface area contributed by atoms with E-state index in [4.69, 9.17) is 0 Å². The number of phenolic OH excluding ortho intramolecular Hbond substituents is 1. The number of nitrogens with one attached hydrogen (secondary N) is 2. The van der Waals surface area contributed by atoms with E-state index >= 15 is 0 Å². The summed E-state index contributed by atoms with van der Waals surface area (Å²) in [6.07, 6.45) is 2.37. The maximum Gasteiger partial charge on any atom is 0.274 e. The lowest BCUT2D eigenvalue weighted by Crippen LogP contribution is -2.37. The van der Waals surface area contributed by atoms with Gasteiger partial charge in [-0.2, -0.15) is 10.1 Å². The maximum absolute atomic E-state index is 12.2. The van der Waals surface area contributed by atoms with Gasteiger partial charge >= 0.3 is 0 Å². The number of carbonyl (C=O) groups is 1. The van der Waals surface area contributed by atoms with Crippen LogP contribution in [0.2, 0.25) is 0 Å². The molecule has 0 bridgehead atoms. The third-order valence-electron chi connectivity index (χ3n) is 3.90. The molecule has 3 rings (SSSR count). The molecule has 2 aromatic rings. The SMILES string of the molecule is C=NN1C(=C)NC(CNc2ccccc2O)=CC1=O.CC.CCc1ccc(F)cc1. The zero-order valence-electron chi connectivity index (χ0n) is 17.7. The number of phenols is 1. The molecule has 0 saturated heterocycles. The summed E-state index contributed by atoms with van der Waals surface area (Å²) in [5, 5.41) is 20.2. The van der Waals surface area contributed by atoms with Gasteiger partial charge in [-0.25, -0.2) is 4.39 Å². The second-order valence-corrected chi connectivity index (χ2v) is 5.88. The van der Waals surface area contributed by atoms with Gasteiger partial charge in [0.15, 0.2) is 0 Å². The number of aryl methyl sites for hydroxylation is 1. The number of rotatable bonds is 5. The molecule has 0 unspecified atom stereocenters. The summed E-state index contributed by atoms with van der Waals surface area (Å²) in [5.41, 5.74) is 2.40. The van der Waals surface area contributed by atoms with Crippen LogP contribution in [0.1, 0.15) is 26.3 Å². The first-order chi connectivity index (χ1) is 14.4. The van der Waals surface area contributed by atoms with Gasteiger partial charge in [0.2, 0.25) is 0 Å². The van der Waals surface area contributed by atoms with E-state index in [1.165, 1.54) is 23.8 Å². The molecule has 160 valence electrons. The largest absolute Gasteiger partial charge is 0.506 e. The number of para-hydroxylation sites is 2. The van der Waals surface area contributed by atoms with Crippen molar-refractivity contribution < 1.29 is 14.3 Å². The fourth-order valence-corrected chi connectivity index (χ4v) is 2.40. The van der Waals surface area contributed by atoms with Gasteiger partial charge in [-0.1, -0.05) is 51.6 Å². The lowest BCUT2D eigenvalue weighted by molar-refractivity contribution is -0.125. The van der Waals surface area contributed by atoms with Crippen LogP contribution in [0, 0.1) is 5.82 Å². The van der Waals surface area contributed by atoms with Crippen molar-refractivity contribution in [2.45, 2.75) is 27.2 Å². The number of amides is 1. The van der Waals surface area contributed by atoms with Gasteiger partial charge in [0.05, 0.1) is 12.2 Å². The molecule has 0 spiro atoms. The van der Waals surface area contributed by atoms with Crippen LogP contribution >= 0.6 is 0 Å². The Morgan fingerprint density at radius 1 is 1.17 bits per heavy atom. The Labute approximate surface area is 177 Å². The first kappa shape index (κ1) is 24.4. The summed E-state index contributed by atoms with van der Waals surface area (Å²) in [6.45, 7) is 13.4. The molecular weight excluding hydrogens is 383 g/mol. The number of carbonyl (C=O) groups excluding carboxylic acids is 1. The van der Waals surface area contributed by atoms with Crippen molar-refractivity contribution in [2.75, 3.05) is 11.9 Å². The van der Waals surface area contributed by atoms with E-state index in [2.05, 4.69) is 29.0 Å². The second kappa shape index (κ2) is 12.8. The van der Waals surface area contributed by atoms with Crippen molar-refractivity contribution in [3.05, 3.63) is 84.1 Å². The van der Waals surface area contributed by atoms with Gasteiger partial charge in [-0.05, 0) is 36.2 Å². The fourth-order valence-electron chi connectivity index (χ4n) is 2.40. The summed E-state index contributed by atoms with van der Waals surface area (Å²) in [6, 6.07) is 13.4. The Bertz CT molecular complexity index is 879. The van der Waals surface area contributed by atoms with Crippen molar-refractivity contribution in [1.82, 2.24) is 10.3 Å². The Morgan fingerprint density at radius 3 is 2.33 bits per heavy atom. The third-order valence-corrected chi connectivity index (χ3v) is 3.90. The number of halogens is 1. The summed E-state index contributed by atoms with van der Waals surface area (Å²) in [5.74, 6) is 0.0232. The Kier molecular flexibility index (Phi) is 10.4. The molecule has 1 amide bonds. The molecule has 0 fully saturated rings. The van der Waals surface area contributed by atoms with Crippen LogP contribution < -0.4 is 10.6 Å². The normalized spacial score (nSPS) is 12.4. The van der Waals surface area contributed by atoms with E-state index in [1.807, 2.05) is 20.8 Å². The average Bonchev–Trinajstić information content (AvgIpc) is 2.75. The lowest BCUT2D eigenvalue weighted by Gasteiger charge is -2.25. The smallest absolute Gasteiger partial charge is 0.274 e. The predicted molar refractivity (Wildman–Crippen MR) is 120 cm³/mol. The molecule has 1 heterocycles. The Hall–Kier alpha value is -3.61. The summed E-state index contributed by atoms with van der Waals surface area (Å²) < 4.78 is 12.2. The first-order valence-corrected chi connectivity index (χ1v) is 9.68. The zero-order chi connectivity index (χ0) is 22.5. The minimum atomic E-state index is -0.312. The molecule has 0 radical (unpaired) electrons. The fraction of sp³-hybridized carbons (Fsp3) is 0.217. The number of nitrogens with zero attached hydrogens (tertiary/aromatic N) is 2. The highest BCUT2D eigenvalue weighted by Crippen LogP contribution is 2.22. The molecule has 7 heteroatoms. The number of hydrogen-bond donors (Lipinski definition) is 3. The van der Waals surface area contributed by atoms with Gasteiger partial charge in [0.25, 0.3) is 5.91 Å². The van der Waals surface area contributed by atoms with Gasteiger partial charge in [-0.15, -0.1) is 0 Å². The molecule has 30 heavy (non-hydrogen) atoms. The topological polar surface area (TPSA) is 77.0 Å². The van der Waals surface area contributed by atoms with Crippen LogP contribution in [0.4, 0.5) is 10.1 Å². The monoisotopic (exact) mass is 412 g/mol. The van der Waals surface area contributed by atoms with E-state index in [0.717, 1.165) is 11.4 Å². The quantitative estimate of drug-likeness (QED) is 0.495. The van der Waals surface area contributed by atoms with Gasteiger partial charge in [-0.3, -0.25) is 4.79 Å². The molecule has 1 aliphatic heterocycles. The number of hydrazone groups is 1. The highest BCUT2D eigenvalue weighted by molar-refractivity contribution is 5.90. The van der Waals surface area contributed by atoms with E-state index in [-0.39, 0.29) is 17.5 Å². The summed E-state index contributed by atoms with van der Waals surface area (Å²) in [4.78, 5) is 11.7.